The predicted molar refractivity (Wildman–Crippen MR) is 151 cm³/mol. The van der Waals surface area contributed by atoms with Crippen molar-refractivity contribution in [3.8, 4) is 11.9 Å². The fourth-order valence-electron chi connectivity index (χ4n) is 6.51. The zero-order chi connectivity index (χ0) is 30.5. The summed E-state index contributed by atoms with van der Waals surface area (Å²) in [5.74, 6) is -0.178. The van der Waals surface area contributed by atoms with E-state index >= 15 is 0 Å². The van der Waals surface area contributed by atoms with Crippen LogP contribution in [0.15, 0.2) is 30.7 Å². The molecule has 0 radical (unpaired) electrons. The first-order valence-corrected chi connectivity index (χ1v) is 14.5. The molecule has 12 nitrogen and oxygen atoms in total. The Morgan fingerprint density at radius 3 is 2.67 bits per heavy atom. The van der Waals surface area contributed by atoms with Crippen LogP contribution in [0.3, 0.4) is 0 Å². The van der Waals surface area contributed by atoms with Gasteiger partial charge in [-0.3, -0.25) is 14.6 Å². The molecular weight excluding hydrogens is 553 g/mol. The third-order valence-corrected chi connectivity index (χ3v) is 8.63. The van der Waals surface area contributed by atoms with Gasteiger partial charge in [-0.1, -0.05) is 6.07 Å². The highest BCUT2D eigenvalue weighted by Gasteiger charge is 2.44. The van der Waals surface area contributed by atoms with Crippen LogP contribution in [-0.4, -0.2) is 96.3 Å². The van der Waals surface area contributed by atoms with Gasteiger partial charge in [-0.25, -0.2) is 14.2 Å². The Kier molecular flexibility index (Phi) is 7.33. The van der Waals surface area contributed by atoms with Crippen LogP contribution in [0.4, 0.5) is 9.18 Å². The number of hydrogen-bond acceptors (Lipinski definition) is 9. The van der Waals surface area contributed by atoms with Crippen LogP contribution in [0, 0.1) is 24.1 Å². The molecule has 3 aromatic rings. The Labute approximate surface area is 249 Å². The molecule has 4 heterocycles. The molecule has 3 aliphatic rings. The number of piperazine rings is 2. The number of nitriles is 1. The molecule has 0 N–H and O–H groups in total. The Morgan fingerprint density at radius 2 is 1.95 bits per heavy atom. The quantitative estimate of drug-likeness (QED) is 0.454. The van der Waals surface area contributed by atoms with E-state index in [-0.39, 0.29) is 23.4 Å². The summed E-state index contributed by atoms with van der Waals surface area (Å²) in [5.41, 5.74) is 2.51. The van der Waals surface area contributed by atoms with Crippen molar-refractivity contribution in [2.45, 2.75) is 64.1 Å². The molecule has 2 amide bonds. The third kappa shape index (κ3) is 5.43. The SMILES string of the molecule is Cc1c(C2CN3CCN(C(=O)C4CCc5cc(-n6cnnn6)ncc54)CC3CN2C(=O)OC(C)(C)C)ccc(F)c1C#N. The van der Waals surface area contributed by atoms with Gasteiger partial charge in [0.05, 0.1) is 17.5 Å². The fourth-order valence-corrected chi connectivity index (χ4v) is 6.51. The average Bonchev–Trinajstić information content (AvgIpc) is 3.66. The highest BCUT2D eigenvalue weighted by atomic mass is 19.1. The first-order chi connectivity index (χ1) is 20.5. The van der Waals surface area contributed by atoms with Crippen molar-refractivity contribution in [3.63, 3.8) is 0 Å². The molecule has 0 bridgehead atoms. The number of hydrogen-bond donors (Lipinski definition) is 0. The van der Waals surface area contributed by atoms with E-state index in [9.17, 15) is 19.2 Å². The molecule has 1 aromatic carbocycles. The number of carbonyl (C=O) groups excluding carboxylic acids is 2. The number of rotatable bonds is 3. The second-order valence-electron chi connectivity index (χ2n) is 12.4. The largest absolute Gasteiger partial charge is 0.444 e. The zero-order valence-electron chi connectivity index (χ0n) is 24.7. The van der Waals surface area contributed by atoms with Gasteiger partial charge in [0, 0.05) is 45.0 Å². The number of fused-ring (bicyclic) bond motifs is 2. The summed E-state index contributed by atoms with van der Waals surface area (Å²) in [7, 11) is 0. The van der Waals surface area contributed by atoms with Crippen molar-refractivity contribution in [3.05, 3.63) is 64.4 Å². The van der Waals surface area contributed by atoms with Crippen LogP contribution < -0.4 is 0 Å². The van der Waals surface area contributed by atoms with Crippen LogP contribution in [0.5, 0.6) is 0 Å². The van der Waals surface area contributed by atoms with Gasteiger partial charge in [0.2, 0.25) is 5.91 Å². The Morgan fingerprint density at radius 1 is 1.14 bits per heavy atom. The standard InChI is InChI=1S/C30H34FN9O3/c1-18-21(7-8-25(31)23(18)12-32)26-16-37-9-10-38(14-20(37)15-39(26)29(42)43-30(2,3)4)28(41)22-6-5-19-11-27(33-13-24(19)22)40-17-34-35-36-40/h7-8,11,13,17,20,22,26H,5-6,9-10,14-16H2,1-4H3. The van der Waals surface area contributed by atoms with Gasteiger partial charge in [-0.05, 0) is 85.3 Å². The van der Waals surface area contributed by atoms with Gasteiger partial charge in [-0.15, -0.1) is 5.10 Å². The van der Waals surface area contributed by atoms with E-state index in [0.29, 0.717) is 50.5 Å². The molecule has 0 saturated carbocycles. The van der Waals surface area contributed by atoms with Crippen LogP contribution in [0.25, 0.3) is 5.82 Å². The number of halogens is 1. The molecule has 224 valence electrons. The maximum absolute atomic E-state index is 14.4. The molecule has 3 unspecified atom stereocenters. The molecule has 1 aliphatic carbocycles. The van der Waals surface area contributed by atoms with Crippen molar-refractivity contribution in [1.82, 2.24) is 39.9 Å². The molecule has 6 rings (SSSR count). The Hall–Kier alpha value is -4.44. The first-order valence-electron chi connectivity index (χ1n) is 14.5. The van der Waals surface area contributed by atoms with E-state index in [0.717, 1.165) is 23.1 Å². The maximum Gasteiger partial charge on any atom is 0.410 e. The van der Waals surface area contributed by atoms with Gasteiger partial charge in [0.15, 0.2) is 5.82 Å². The molecule has 43 heavy (non-hydrogen) atoms. The van der Waals surface area contributed by atoms with E-state index in [1.54, 1.807) is 24.1 Å². The predicted octanol–water partition coefficient (Wildman–Crippen LogP) is 2.91. The Balaban J connectivity index is 1.22. The monoisotopic (exact) mass is 587 g/mol. The number of carbonyl (C=O) groups is 2. The number of aryl methyl sites for hydroxylation is 1. The molecule has 13 heteroatoms. The lowest BCUT2D eigenvalue weighted by Crippen LogP contribution is -2.64. The van der Waals surface area contributed by atoms with Crippen LogP contribution >= 0.6 is 0 Å². The molecule has 2 aliphatic heterocycles. The summed E-state index contributed by atoms with van der Waals surface area (Å²) in [6, 6.07) is 6.32. The summed E-state index contributed by atoms with van der Waals surface area (Å²) in [6.45, 7) is 9.64. The first kappa shape index (κ1) is 28.7. The van der Waals surface area contributed by atoms with Gasteiger partial charge < -0.3 is 9.64 Å². The van der Waals surface area contributed by atoms with Crippen LogP contribution in [0.1, 0.15) is 67.0 Å². The van der Waals surface area contributed by atoms with Gasteiger partial charge in [0.1, 0.15) is 23.8 Å². The summed E-state index contributed by atoms with van der Waals surface area (Å²) < 4.78 is 21.7. The number of tetrazole rings is 1. The zero-order valence-corrected chi connectivity index (χ0v) is 24.7. The van der Waals surface area contributed by atoms with Crippen molar-refractivity contribution in [1.29, 1.82) is 5.26 Å². The highest BCUT2D eigenvalue weighted by Crippen LogP contribution is 2.37. The minimum atomic E-state index is -0.711. The average molecular weight is 588 g/mol. The lowest BCUT2D eigenvalue weighted by Gasteiger charge is -2.51. The molecule has 2 aromatic heterocycles. The van der Waals surface area contributed by atoms with E-state index in [1.807, 2.05) is 37.8 Å². The normalized spacial score (nSPS) is 22.1. The van der Waals surface area contributed by atoms with Crippen molar-refractivity contribution >= 4 is 12.0 Å². The fraction of sp³-hybridized carbons (Fsp3) is 0.500. The second kappa shape index (κ2) is 11.0. The molecule has 2 fully saturated rings. The lowest BCUT2D eigenvalue weighted by atomic mass is 9.92. The number of nitrogens with zero attached hydrogens (tertiary/aromatic N) is 9. The number of pyridine rings is 1. The van der Waals surface area contributed by atoms with E-state index in [4.69, 9.17) is 4.74 Å². The minimum absolute atomic E-state index is 0.0180. The van der Waals surface area contributed by atoms with E-state index < -0.39 is 23.6 Å². The minimum Gasteiger partial charge on any atom is -0.444 e. The second-order valence-corrected chi connectivity index (χ2v) is 12.4. The van der Waals surface area contributed by atoms with Crippen molar-refractivity contribution in [2.24, 2.45) is 0 Å². The molecule has 0 spiro atoms. The molecule has 3 atom stereocenters. The summed E-state index contributed by atoms with van der Waals surface area (Å²) in [5, 5.41) is 20.8. The van der Waals surface area contributed by atoms with Crippen molar-refractivity contribution < 1.29 is 18.7 Å². The smallest absolute Gasteiger partial charge is 0.410 e. The third-order valence-electron chi connectivity index (χ3n) is 8.63. The topological polar surface area (TPSA) is 133 Å². The van der Waals surface area contributed by atoms with Crippen LogP contribution in [-0.2, 0) is 16.0 Å². The maximum atomic E-state index is 14.4. The van der Waals surface area contributed by atoms with E-state index in [1.165, 1.54) is 17.1 Å². The lowest BCUT2D eigenvalue weighted by molar-refractivity contribution is -0.137. The molecular formula is C30H34FN9O3. The van der Waals surface area contributed by atoms with E-state index in [2.05, 4.69) is 25.4 Å². The molecule has 2 saturated heterocycles. The summed E-state index contributed by atoms with van der Waals surface area (Å²) in [4.78, 5) is 37.7. The van der Waals surface area contributed by atoms with Crippen LogP contribution in [0.2, 0.25) is 0 Å². The number of benzene rings is 1. The van der Waals surface area contributed by atoms with Gasteiger partial charge in [0.25, 0.3) is 0 Å². The van der Waals surface area contributed by atoms with Crippen molar-refractivity contribution in [2.75, 3.05) is 32.7 Å². The number of aromatic nitrogens is 5. The van der Waals surface area contributed by atoms with Gasteiger partial charge >= 0.3 is 6.09 Å². The number of ether oxygens (including phenoxy) is 1. The highest BCUT2D eigenvalue weighted by molar-refractivity contribution is 5.85. The summed E-state index contributed by atoms with van der Waals surface area (Å²) in [6.07, 6.45) is 4.24. The van der Waals surface area contributed by atoms with Gasteiger partial charge in [-0.2, -0.15) is 9.94 Å². The Bertz CT molecular complexity index is 1600. The summed E-state index contributed by atoms with van der Waals surface area (Å²) >= 11 is 0. The number of amides is 2.